The van der Waals surface area contributed by atoms with E-state index in [-0.39, 0.29) is 0 Å². The summed E-state index contributed by atoms with van der Waals surface area (Å²) in [5, 5.41) is 7.69. The van der Waals surface area contributed by atoms with E-state index >= 15 is 0 Å². The molecule has 6 heteroatoms. The van der Waals surface area contributed by atoms with Gasteiger partial charge in [0.2, 0.25) is 0 Å². The number of aromatic nitrogens is 3. The van der Waals surface area contributed by atoms with Gasteiger partial charge in [0.1, 0.15) is 0 Å². The first-order valence-electron chi connectivity index (χ1n) is 8.17. The lowest BCUT2D eigenvalue weighted by molar-refractivity contribution is 0.266. The summed E-state index contributed by atoms with van der Waals surface area (Å²) in [5.74, 6) is 2.54. The van der Waals surface area contributed by atoms with Crippen LogP contribution in [0.4, 0.5) is 0 Å². The van der Waals surface area contributed by atoms with Gasteiger partial charge in [0.05, 0.1) is 0 Å². The van der Waals surface area contributed by atoms with Crippen molar-refractivity contribution in [3.63, 3.8) is 0 Å². The quantitative estimate of drug-likeness (QED) is 0.696. The van der Waals surface area contributed by atoms with E-state index in [1.807, 2.05) is 37.6 Å². The summed E-state index contributed by atoms with van der Waals surface area (Å²) in [7, 11) is 1.85. The van der Waals surface area contributed by atoms with Crippen molar-refractivity contribution in [1.82, 2.24) is 25.0 Å². The van der Waals surface area contributed by atoms with Gasteiger partial charge in [-0.25, -0.2) is 9.67 Å². The number of rotatable bonds is 3. The number of piperidine rings is 1. The zero-order valence-electron chi connectivity index (χ0n) is 13.8. The molecule has 0 amide bonds. The molecular formula is C17H24N6. The Labute approximate surface area is 137 Å². The van der Waals surface area contributed by atoms with Crippen molar-refractivity contribution in [3.8, 4) is 5.82 Å². The van der Waals surface area contributed by atoms with E-state index in [0.29, 0.717) is 0 Å². The highest BCUT2D eigenvalue weighted by Gasteiger charge is 2.18. The van der Waals surface area contributed by atoms with Crippen molar-refractivity contribution in [2.24, 2.45) is 10.9 Å². The fourth-order valence-corrected chi connectivity index (χ4v) is 3.00. The second-order valence-corrected chi connectivity index (χ2v) is 6.07. The summed E-state index contributed by atoms with van der Waals surface area (Å²) >= 11 is 0. The summed E-state index contributed by atoms with van der Waals surface area (Å²) < 4.78 is 1.77. The smallest absolute Gasteiger partial charge is 0.193 e. The van der Waals surface area contributed by atoms with Gasteiger partial charge in [0.25, 0.3) is 0 Å². The molecule has 6 nitrogen and oxygen atoms in total. The SMILES string of the molecule is CN=C(NCc1ccnc(-n2cccn2)c1)N1CCCC(C)C1. The molecule has 1 fully saturated rings. The van der Waals surface area contributed by atoms with E-state index in [9.17, 15) is 0 Å². The van der Waals surface area contributed by atoms with E-state index < -0.39 is 0 Å². The van der Waals surface area contributed by atoms with Crippen molar-refractivity contribution >= 4 is 5.96 Å². The Morgan fingerprint density at radius 3 is 3.09 bits per heavy atom. The van der Waals surface area contributed by atoms with Crippen LogP contribution in [-0.4, -0.2) is 45.8 Å². The minimum atomic E-state index is 0.730. The summed E-state index contributed by atoms with van der Waals surface area (Å²) in [6, 6.07) is 5.96. The van der Waals surface area contributed by atoms with Gasteiger partial charge in [-0.2, -0.15) is 5.10 Å². The molecule has 0 radical (unpaired) electrons. The second kappa shape index (κ2) is 7.26. The predicted octanol–water partition coefficient (Wildman–Crippen LogP) is 2.07. The molecule has 0 spiro atoms. The molecule has 3 heterocycles. The summed E-state index contributed by atoms with van der Waals surface area (Å²) in [6.07, 6.45) is 8.02. The number of hydrogen-bond donors (Lipinski definition) is 1. The maximum absolute atomic E-state index is 4.43. The van der Waals surface area contributed by atoms with E-state index in [0.717, 1.165) is 42.9 Å². The minimum Gasteiger partial charge on any atom is -0.352 e. The van der Waals surface area contributed by atoms with Crippen LogP contribution in [0.25, 0.3) is 5.82 Å². The highest BCUT2D eigenvalue weighted by molar-refractivity contribution is 5.80. The molecule has 1 aliphatic heterocycles. The monoisotopic (exact) mass is 312 g/mol. The lowest BCUT2D eigenvalue weighted by Gasteiger charge is -2.33. The first-order valence-corrected chi connectivity index (χ1v) is 8.17. The minimum absolute atomic E-state index is 0.730. The Bertz CT molecular complexity index is 649. The van der Waals surface area contributed by atoms with Crippen molar-refractivity contribution < 1.29 is 0 Å². The van der Waals surface area contributed by atoms with E-state index in [2.05, 4.69) is 32.2 Å². The zero-order chi connectivity index (χ0) is 16.1. The molecule has 2 aromatic rings. The lowest BCUT2D eigenvalue weighted by Crippen LogP contribution is -2.45. The highest BCUT2D eigenvalue weighted by Crippen LogP contribution is 2.15. The van der Waals surface area contributed by atoms with E-state index in [1.54, 1.807) is 10.9 Å². The number of nitrogens with one attached hydrogen (secondary N) is 1. The Morgan fingerprint density at radius 1 is 1.43 bits per heavy atom. The highest BCUT2D eigenvalue weighted by atomic mass is 15.3. The Balaban J connectivity index is 1.64. The van der Waals surface area contributed by atoms with Gasteiger partial charge >= 0.3 is 0 Å². The second-order valence-electron chi connectivity index (χ2n) is 6.07. The lowest BCUT2D eigenvalue weighted by atomic mass is 10.0. The van der Waals surface area contributed by atoms with E-state index in [1.165, 1.54) is 12.8 Å². The van der Waals surface area contributed by atoms with Gasteiger partial charge in [0.15, 0.2) is 11.8 Å². The van der Waals surface area contributed by atoms with Crippen molar-refractivity contribution in [2.45, 2.75) is 26.3 Å². The molecule has 0 bridgehead atoms. The molecule has 0 saturated carbocycles. The third-order valence-corrected chi connectivity index (χ3v) is 4.17. The van der Waals surface area contributed by atoms with Gasteiger partial charge in [-0.05, 0) is 42.5 Å². The van der Waals surface area contributed by atoms with Crippen LogP contribution < -0.4 is 5.32 Å². The average Bonchev–Trinajstić information content (AvgIpc) is 3.10. The van der Waals surface area contributed by atoms with Crippen LogP contribution in [0.5, 0.6) is 0 Å². The normalized spacial score (nSPS) is 19.0. The molecule has 0 aliphatic carbocycles. The maximum Gasteiger partial charge on any atom is 0.193 e. The fraction of sp³-hybridized carbons (Fsp3) is 0.471. The van der Waals surface area contributed by atoms with Crippen molar-refractivity contribution in [1.29, 1.82) is 0 Å². The Kier molecular flexibility index (Phi) is 4.90. The first kappa shape index (κ1) is 15.5. The van der Waals surface area contributed by atoms with Gasteiger partial charge in [-0.1, -0.05) is 6.92 Å². The van der Waals surface area contributed by atoms with Crippen LogP contribution in [0.15, 0.2) is 41.8 Å². The van der Waals surface area contributed by atoms with E-state index in [4.69, 9.17) is 0 Å². The number of nitrogens with zero attached hydrogens (tertiary/aromatic N) is 5. The molecule has 1 atom stereocenters. The molecule has 3 rings (SSSR count). The largest absolute Gasteiger partial charge is 0.352 e. The molecule has 1 saturated heterocycles. The average molecular weight is 312 g/mol. The van der Waals surface area contributed by atoms with Crippen LogP contribution in [0.2, 0.25) is 0 Å². The maximum atomic E-state index is 4.43. The van der Waals surface area contributed by atoms with Crippen LogP contribution in [0.1, 0.15) is 25.3 Å². The summed E-state index contributed by atoms with van der Waals surface area (Å²) in [4.78, 5) is 11.1. The summed E-state index contributed by atoms with van der Waals surface area (Å²) in [6.45, 7) is 5.19. The molecule has 1 aliphatic rings. The van der Waals surface area contributed by atoms with Gasteiger partial charge in [-0.3, -0.25) is 4.99 Å². The van der Waals surface area contributed by atoms with Crippen LogP contribution in [0, 0.1) is 5.92 Å². The number of aliphatic imine (C=N–C) groups is 1. The number of guanidine groups is 1. The molecule has 1 N–H and O–H groups in total. The molecule has 2 aromatic heterocycles. The Morgan fingerprint density at radius 2 is 2.35 bits per heavy atom. The van der Waals surface area contributed by atoms with Gasteiger partial charge < -0.3 is 10.2 Å². The molecular weight excluding hydrogens is 288 g/mol. The van der Waals surface area contributed by atoms with Crippen LogP contribution in [-0.2, 0) is 6.54 Å². The fourth-order valence-electron chi connectivity index (χ4n) is 3.00. The summed E-state index contributed by atoms with van der Waals surface area (Å²) in [5.41, 5.74) is 1.16. The third-order valence-electron chi connectivity index (χ3n) is 4.17. The molecule has 23 heavy (non-hydrogen) atoms. The molecule has 1 unspecified atom stereocenters. The van der Waals surface area contributed by atoms with Gasteiger partial charge in [-0.15, -0.1) is 0 Å². The zero-order valence-corrected chi connectivity index (χ0v) is 13.8. The number of hydrogen-bond acceptors (Lipinski definition) is 3. The predicted molar refractivity (Wildman–Crippen MR) is 91.5 cm³/mol. The van der Waals surface area contributed by atoms with Gasteiger partial charge in [0, 0.05) is 45.3 Å². The van der Waals surface area contributed by atoms with Crippen molar-refractivity contribution in [3.05, 3.63) is 42.4 Å². The van der Waals surface area contributed by atoms with Crippen LogP contribution in [0.3, 0.4) is 0 Å². The Hall–Kier alpha value is -2.37. The molecule has 0 aromatic carbocycles. The first-order chi connectivity index (χ1) is 11.3. The number of pyridine rings is 1. The topological polar surface area (TPSA) is 58.3 Å². The molecule has 122 valence electrons. The third kappa shape index (κ3) is 3.88. The standard InChI is InChI=1S/C17H24N6/c1-14-5-3-9-22(13-14)17(18-2)20-12-15-6-8-19-16(11-15)23-10-4-7-21-23/h4,6-8,10-11,14H,3,5,9,12-13H2,1-2H3,(H,18,20). The van der Waals surface area contributed by atoms with Crippen molar-refractivity contribution in [2.75, 3.05) is 20.1 Å². The number of likely N-dealkylation sites (tertiary alicyclic amines) is 1. The van der Waals surface area contributed by atoms with Crippen LogP contribution >= 0.6 is 0 Å².